The molecule has 20 heavy (non-hydrogen) atoms. The number of nitrogens with one attached hydrogen (secondary N) is 1. The number of alkyl halides is 3. The lowest BCUT2D eigenvalue weighted by molar-refractivity contribution is -0.141. The van der Waals surface area contributed by atoms with Crippen LogP contribution in [0.4, 0.5) is 13.2 Å². The molecule has 0 spiro atoms. The minimum Gasteiger partial charge on any atom is -0.337 e. The molecule has 1 atom stereocenters. The molecule has 0 aliphatic carbocycles. The van der Waals surface area contributed by atoms with Gasteiger partial charge in [0.25, 0.3) is 11.5 Å². The number of hydrogen-bond acceptors (Lipinski definition) is 3. The SMILES string of the molecule is NC1CCCN(C(=O)c2ccc(C(F)(F)F)[nH]c2=O)C1. The molecule has 0 bridgehead atoms. The maximum absolute atomic E-state index is 12.4. The lowest BCUT2D eigenvalue weighted by Gasteiger charge is -2.30. The summed E-state index contributed by atoms with van der Waals surface area (Å²) in [5.41, 5.74) is 3.22. The maximum Gasteiger partial charge on any atom is 0.431 e. The number of carbonyl (C=O) groups is 1. The van der Waals surface area contributed by atoms with Crippen molar-refractivity contribution in [1.29, 1.82) is 0 Å². The topological polar surface area (TPSA) is 79.2 Å². The zero-order valence-corrected chi connectivity index (χ0v) is 10.5. The standard InChI is InChI=1S/C12H14F3N3O2/c13-12(14,15)9-4-3-8(10(19)17-9)11(20)18-5-1-2-7(16)6-18/h3-4,7H,1-2,5-6,16H2,(H,17,19). The van der Waals surface area contributed by atoms with E-state index in [2.05, 4.69) is 0 Å². The number of amides is 1. The molecule has 0 aromatic carbocycles. The molecule has 1 aliphatic heterocycles. The van der Waals surface area contributed by atoms with Crippen LogP contribution < -0.4 is 11.3 Å². The third-order valence-electron chi connectivity index (χ3n) is 3.19. The zero-order valence-electron chi connectivity index (χ0n) is 10.5. The molecule has 1 saturated heterocycles. The Kier molecular flexibility index (Phi) is 3.85. The van der Waals surface area contributed by atoms with E-state index >= 15 is 0 Å². The van der Waals surface area contributed by atoms with Crippen LogP contribution in [0, 0.1) is 0 Å². The van der Waals surface area contributed by atoms with Crippen LogP contribution in [0.3, 0.4) is 0 Å². The van der Waals surface area contributed by atoms with Crippen molar-refractivity contribution >= 4 is 5.91 Å². The van der Waals surface area contributed by atoms with E-state index < -0.39 is 23.3 Å². The molecule has 1 aliphatic rings. The second kappa shape index (κ2) is 5.28. The highest BCUT2D eigenvalue weighted by atomic mass is 19.4. The Morgan fingerprint density at radius 2 is 2.10 bits per heavy atom. The number of pyridine rings is 1. The van der Waals surface area contributed by atoms with Gasteiger partial charge in [-0.1, -0.05) is 0 Å². The largest absolute Gasteiger partial charge is 0.431 e. The van der Waals surface area contributed by atoms with E-state index in [0.29, 0.717) is 25.6 Å². The Morgan fingerprint density at radius 3 is 2.65 bits per heavy atom. The summed E-state index contributed by atoms with van der Waals surface area (Å²) in [5.74, 6) is -0.588. The van der Waals surface area contributed by atoms with Crippen molar-refractivity contribution in [3.05, 3.63) is 33.7 Å². The first-order chi connectivity index (χ1) is 9.29. The van der Waals surface area contributed by atoms with Gasteiger partial charge >= 0.3 is 6.18 Å². The number of aromatic amines is 1. The van der Waals surface area contributed by atoms with Gasteiger partial charge in [0.2, 0.25) is 0 Å². The fraction of sp³-hybridized carbons (Fsp3) is 0.500. The molecule has 0 saturated carbocycles. The number of hydrogen-bond donors (Lipinski definition) is 2. The van der Waals surface area contributed by atoms with Gasteiger partial charge in [0.05, 0.1) is 0 Å². The number of halogens is 3. The molecule has 1 aromatic heterocycles. The summed E-state index contributed by atoms with van der Waals surface area (Å²) in [6.45, 7) is 0.756. The highest BCUT2D eigenvalue weighted by molar-refractivity contribution is 5.93. The summed E-state index contributed by atoms with van der Waals surface area (Å²) in [5, 5.41) is 0. The minimum atomic E-state index is -4.64. The number of aromatic nitrogens is 1. The molecule has 1 unspecified atom stereocenters. The summed E-state index contributed by atoms with van der Waals surface area (Å²) in [6, 6.07) is 1.43. The summed E-state index contributed by atoms with van der Waals surface area (Å²) in [7, 11) is 0. The molecule has 2 rings (SSSR count). The smallest absolute Gasteiger partial charge is 0.337 e. The normalized spacial score (nSPS) is 20.0. The van der Waals surface area contributed by atoms with E-state index in [4.69, 9.17) is 5.73 Å². The number of piperidine rings is 1. The highest BCUT2D eigenvalue weighted by Gasteiger charge is 2.33. The van der Waals surface area contributed by atoms with E-state index in [1.54, 1.807) is 4.98 Å². The molecule has 1 amide bonds. The van der Waals surface area contributed by atoms with Crippen molar-refractivity contribution in [3.8, 4) is 0 Å². The second-order valence-corrected chi connectivity index (χ2v) is 4.77. The van der Waals surface area contributed by atoms with Gasteiger partial charge in [-0.05, 0) is 25.0 Å². The number of carbonyl (C=O) groups excluding carboxylic acids is 1. The molecule has 5 nitrogen and oxygen atoms in total. The van der Waals surface area contributed by atoms with Gasteiger partial charge in [-0.25, -0.2) is 0 Å². The average molecular weight is 289 g/mol. The Hall–Kier alpha value is -1.83. The van der Waals surface area contributed by atoms with Crippen molar-refractivity contribution in [2.45, 2.75) is 25.1 Å². The summed E-state index contributed by atoms with van der Waals surface area (Å²) in [6.07, 6.45) is -3.15. The summed E-state index contributed by atoms with van der Waals surface area (Å²) < 4.78 is 37.3. The van der Waals surface area contributed by atoms with E-state index in [1.807, 2.05) is 0 Å². The van der Waals surface area contributed by atoms with E-state index in [9.17, 15) is 22.8 Å². The number of rotatable bonds is 1. The lowest BCUT2D eigenvalue weighted by atomic mass is 10.1. The van der Waals surface area contributed by atoms with Crippen LogP contribution in [-0.2, 0) is 6.18 Å². The van der Waals surface area contributed by atoms with Crippen LogP contribution in [0.15, 0.2) is 16.9 Å². The molecule has 3 N–H and O–H groups in total. The number of likely N-dealkylation sites (tertiary alicyclic amines) is 1. The van der Waals surface area contributed by atoms with Gasteiger partial charge in [0.1, 0.15) is 11.3 Å². The first-order valence-electron chi connectivity index (χ1n) is 6.14. The van der Waals surface area contributed by atoms with Crippen molar-refractivity contribution in [2.24, 2.45) is 5.73 Å². The Morgan fingerprint density at radius 1 is 1.40 bits per heavy atom. The van der Waals surface area contributed by atoms with Crippen LogP contribution in [0.5, 0.6) is 0 Å². The van der Waals surface area contributed by atoms with Gasteiger partial charge in [-0.3, -0.25) is 9.59 Å². The van der Waals surface area contributed by atoms with E-state index in [1.165, 1.54) is 4.90 Å². The Labute approximate surface area is 112 Å². The van der Waals surface area contributed by atoms with E-state index in [0.717, 1.165) is 12.5 Å². The molecule has 1 aromatic rings. The third kappa shape index (κ3) is 3.01. The van der Waals surface area contributed by atoms with Crippen molar-refractivity contribution in [1.82, 2.24) is 9.88 Å². The molecule has 1 fully saturated rings. The van der Waals surface area contributed by atoms with Gasteiger partial charge in [-0.2, -0.15) is 13.2 Å². The second-order valence-electron chi connectivity index (χ2n) is 4.77. The Bertz CT molecular complexity index is 568. The molecule has 0 radical (unpaired) electrons. The fourth-order valence-electron chi connectivity index (χ4n) is 2.17. The average Bonchev–Trinajstić information content (AvgIpc) is 2.36. The first-order valence-corrected chi connectivity index (χ1v) is 6.14. The van der Waals surface area contributed by atoms with Crippen LogP contribution >= 0.6 is 0 Å². The van der Waals surface area contributed by atoms with Crippen LogP contribution in [0.25, 0.3) is 0 Å². The van der Waals surface area contributed by atoms with Gasteiger partial charge < -0.3 is 15.6 Å². The van der Waals surface area contributed by atoms with Gasteiger partial charge in [0, 0.05) is 19.1 Å². The maximum atomic E-state index is 12.4. The molecular weight excluding hydrogens is 275 g/mol. The van der Waals surface area contributed by atoms with Gasteiger partial charge in [0.15, 0.2) is 0 Å². The molecule has 8 heteroatoms. The first kappa shape index (κ1) is 14.6. The minimum absolute atomic E-state index is 0.166. The molecule has 110 valence electrons. The summed E-state index contributed by atoms with van der Waals surface area (Å²) in [4.78, 5) is 26.8. The summed E-state index contributed by atoms with van der Waals surface area (Å²) >= 11 is 0. The number of nitrogens with zero attached hydrogens (tertiary/aromatic N) is 1. The Balaban J connectivity index is 2.25. The predicted octanol–water partition coefficient (Wildman–Crippen LogP) is 0.957. The fourth-order valence-corrected chi connectivity index (χ4v) is 2.17. The number of nitrogens with two attached hydrogens (primary N) is 1. The van der Waals surface area contributed by atoms with Crippen LogP contribution in [0.1, 0.15) is 28.9 Å². The number of H-pyrrole nitrogens is 1. The van der Waals surface area contributed by atoms with Crippen LogP contribution in [0.2, 0.25) is 0 Å². The monoisotopic (exact) mass is 289 g/mol. The quantitative estimate of drug-likeness (QED) is 0.808. The van der Waals surface area contributed by atoms with Crippen LogP contribution in [-0.4, -0.2) is 34.9 Å². The van der Waals surface area contributed by atoms with E-state index in [-0.39, 0.29) is 11.6 Å². The van der Waals surface area contributed by atoms with Crippen molar-refractivity contribution in [3.63, 3.8) is 0 Å². The predicted molar refractivity (Wildman–Crippen MR) is 65.2 cm³/mol. The lowest BCUT2D eigenvalue weighted by Crippen LogP contribution is -2.46. The molecule has 2 heterocycles. The highest BCUT2D eigenvalue weighted by Crippen LogP contribution is 2.26. The van der Waals surface area contributed by atoms with Gasteiger partial charge in [-0.15, -0.1) is 0 Å². The third-order valence-corrected chi connectivity index (χ3v) is 3.19. The van der Waals surface area contributed by atoms with Crippen molar-refractivity contribution < 1.29 is 18.0 Å². The van der Waals surface area contributed by atoms with Crippen molar-refractivity contribution in [2.75, 3.05) is 13.1 Å². The molecular formula is C12H14F3N3O2. The zero-order chi connectivity index (χ0) is 14.9.